The smallest absolute Gasteiger partial charge is 0.133 e. The predicted octanol–water partition coefficient (Wildman–Crippen LogP) is 4.57. The van der Waals surface area contributed by atoms with Crippen LogP contribution in [0.3, 0.4) is 0 Å². The zero-order chi connectivity index (χ0) is 24.9. The SMILES string of the molecule is COc1ccc(C2=N[C@@H](c3ccc(OC)cc3OC)[C@@H](c3ccc(OC)cc3OC)N2)c(OC)c1. The van der Waals surface area contributed by atoms with Crippen molar-refractivity contribution >= 4 is 5.84 Å². The molecule has 184 valence electrons. The van der Waals surface area contributed by atoms with Crippen LogP contribution in [0.25, 0.3) is 0 Å². The number of rotatable bonds is 9. The van der Waals surface area contributed by atoms with Crippen LogP contribution in [-0.4, -0.2) is 48.5 Å². The Morgan fingerprint density at radius 1 is 0.571 bits per heavy atom. The first-order valence-corrected chi connectivity index (χ1v) is 11.1. The van der Waals surface area contributed by atoms with Crippen molar-refractivity contribution in [2.24, 2.45) is 4.99 Å². The first-order chi connectivity index (χ1) is 17.1. The lowest BCUT2D eigenvalue weighted by atomic mass is 9.93. The summed E-state index contributed by atoms with van der Waals surface area (Å²) in [6.07, 6.45) is 0. The van der Waals surface area contributed by atoms with Crippen molar-refractivity contribution in [1.29, 1.82) is 0 Å². The molecule has 8 heteroatoms. The Labute approximate surface area is 205 Å². The fourth-order valence-electron chi connectivity index (χ4n) is 4.25. The molecule has 0 unspecified atom stereocenters. The maximum Gasteiger partial charge on any atom is 0.133 e. The Morgan fingerprint density at radius 2 is 1.06 bits per heavy atom. The van der Waals surface area contributed by atoms with E-state index in [1.54, 1.807) is 42.7 Å². The second-order valence-electron chi connectivity index (χ2n) is 7.83. The monoisotopic (exact) mass is 478 g/mol. The molecule has 0 amide bonds. The van der Waals surface area contributed by atoms with E-state index in [1.165, 1.54) is 0 Å². The summed E-state index contributed by atoms with van der Waals surface area (Å²) in [6.45, 7) is 0. The lowest BCUT2D eigenvalue weighted by Gasteiger charge is -2.23. The van der Waals surface area contributed by atoms with E-state index >= 15 is 0 Å². The van der Waals surface area contributed by atoms with E-state index in [0.717, 1.165) is 16.7 Å². The van der Waals surface area contributed by atoms with Gasteiger partial charge in [0, 0.05) is 29.3 Å². The Morgan fingerprint density at radius 3 is 1.60 bits per heavy atom. The van der Waals surface area contributed by atoms with Gasteiger partial charge in [0.05, 0.1) is 54.3 Å². The number of amidine groups is 1. The second-order valence-corrected chi connectivity index (χ2v) is 7.83. The third-order valence-electron chi connectivity index (χ3n) is 6.07. The van der Waals surface area contributed by atoms with E-state index in [2.05, 4.69) is 5.32 Å². The molecule has 0 radical (unpaired) electrons. The fraction of sp³-hybridized carbons (Fsp3) is 0.296. The molecule has 0 aliphatic carbocycles. The summed E-state index contributed by atoms with van der Waals surface area (Å²) < 4.78 is 33.3. The Bertz CT molecular complexity index is 1230. The molecule has 3 aromatic rings. The minimum atomic E-state index is -0.319. The zero-order valence-corrected chi connectivity index (χ0v) is 20.7. The quantitative estimate of drug-likeness (QED) is 0.483. The molecule has 3 aromatic carbocycles. The van der Waals surface area contributed by atoms with Crippen LogP contribution in [0.2, 0.25) is 0 Å². The topological polar surface area (TPSA) is 79.8 Å². The molecule has 1 aliphatic rings. The van der Waals surface area contributed by atoms with Gasteiger partial charge in [-0.3, -0.25) is 4.99 Å². The summed E-state index contributed by atoms with van der Waals surface area (Å²) in [5.74, 6) is 4.83. The molecule has 1 heterocycles. The number of benzene rings is 3. The summed E-state index contributed by atoms with van der Waals surface area (Å²) in [6, 6.07) is 16.6. The van der Waals surface area contributed by atoms with Gasteiger partial charge in [-0.15, -0.1) is 0 Å². The summed E-state index contributed by atoms with van der Waals surface area (Å²) in [7, 11) is 9.79. The largest absolute Gasteiger partial charge is 0.497 e. The van der Waals surface area contributed by atoms with Crippen LogP contribution in [0.4, 0.5) is 0 Å². The second kappa shape index (κ2) is 10.5. The third-order valence-corrected chi connectivity index (χ3v) is 6.07. The lowest BCUT2D eigenvalue weighted by molar-refractivity contribution is 0.378. The van der Waals surface area contributed by atoms with Crippen molar-refractivity contribution in [2.75, 3.05) is 42.7 Å². The van der Waals surface area contributed by atoms with Gasteiger partial charge >= 0.3 is 0 Å². The molecule has 0 fully saturated rings. The molecule has 8 nitrogen and oxygen atoms in total. The number of hydrogen-bond donors (Lipinski definition) is 1. The summed E-state index contributed by atoms with van der Waals surface area (Å²) >= 11 is 0. The maximum absolute atomic E-state index is 5.73. The van der Waals surface area contributed by atoms with Crippen molar-refractivity contribution in [3.05, 3.63) is 71.3 Å². The van der Waals surface area contributed by atoms with Crippen molar-refractivity contribution < 1.29 is 28.4 Å². The van der Waals surface area contributed by atoms with Gasteiger partial charge in [-0.25, -0.2) is 0 Å². The van der Waals surface area contributed by atoms with Gasteiger partial charge in [0.15, 0.2) is 0 Å². The van der Waals surface area contributed by atoms with Crippen molar-refractivity contribution in [3.8, 4) is 34.5 Å². The highest BCUT2D eigenvalue weighted by Gasteiger charge is 2.36. The minimum absolute atomic E-state index is 0.250. The van der Waals surface area contributed by atoms with Crippen LogP contribution in [0, 0.1) is 0 Å². The third kappa shape index (κ3) is 4.64. The van der Waals surface area contributed by atoms with Crippen molar-refractivity contribution in [3.63, 3.8) is 0 Å². The number of nitrogens with one attached hydrogen (secondary N) is 1. The average Bonchev–Trinajstić information content (AvgIpc) is 3.36. The van der Waals surface area contributed by atoms with Crippen molar-refractivity contribution in [1.82, 2.24) is 5.32 Å². The van der Waals surface area contributed by atoms with E-state index in [4.69, 9.17) is 33.4 Å². The van der Waals surface area contributed by atoms with E-state index < -0.39 is 0 Å². The molecule has 0 bridgehead atoms. The summed E-state index contributed by atoms with van der Waals surface area (Å²) in [5, 5.41) is 3.60. The summed E-state index contributed by atoms with van der Waals surface area (Å²) in [4.78, 5) is 5.11. The van der Waals surface area contributed by atoms with Crippen LogP contribution in [0.5, 0.6) is 34.5 Å². The first-order valence-electron chi connectivity index (χ1n) is 11.1. The minimum Gasteiger partial charge on any atom is -0.497 e. The molecule has 35 heavy (non-hydrogen) atoms. The van der Waals surface area contributed by atoms with Crippen LogP contribution >= 0.6 is 0 Å². The highest BCUT2D eigenvalue weighted by molar-refractivity contribution is 6.03. The van der Waals surface area contributed by atoms with E-state index in [9.17, 15) is 0 Å². The molecule has 4 rings (SSSR count). The molecule has 1 N–H and O–H groups in total. The predicted molar refractivity (Wildman–Crippen MR) is 134 cm³/mol. The van der Waals surface area contributed by atoms with Gasteiger partial charge < -0.3 is 33.7 Å². The number of methoxy groups -OCH3 is 6. The standard InChI is InChI=1S/C27H30N2O6/c1-30-16-7-10-19(22(13-16)33-4)25-26(20-11-8-17(31-2)14-23(20)34-5)29-27(28-25)21-12-9-18(32-3)15-24(21)35-6/h7-15,25-26H,1-6H3,(H,28,29)/t25-,26+. The van der Waals surface area contributed by atoms with Gasteiger partial charge in [-0.05, 0) is 36.4 Å². The molecule has 0 saturated carbocycles. The number of nitrogens with zero attached hydrogens (tertiary/aromatic N) is 1. The van der Waals surface area contributed by atoms with Gasteiger partial charge in [0.2, 0.25) is 0 Å². The van der Waals surface area contributed by atoms with Crippen molar-refractivity contribution in [2.45, 2.75) is 12.1 Å². The Kier molecular flexibility index (Phi) is 7.19. The van der Waals surface area contributed by atoms with Gasteiger partial charge in [-0.1, -0.05) is 0 Å². The van der Waals surface area contributed by atoms with E-state index in [1.807, 2.05) is 54.6 Å². The molecular weight excluding hydrogens is 448 g/mol. The molecule has 0 saturated heterocycles. The van der Waals surface area contributed by atoms with Crippen LogP contribution in [-0.2, 0) is 0 Å². The first kappa shape index (κ1) is 24.1. The molecule has 1 aliphatic heterocycles. The van der Waals surface area contributed by atoms with Crippen LogP contribution < -0.4 is 33.7 Å². The van der Waals surface area contributed by atoms with E-state index in [-0.39, 0.29) is 12.1 Å². The highest BCUT2D eigenvalue weighted by Crippen LogP contribution is 2.45. The van der Waals surface area contributed by atoms with E-state index in [0.29, 0.717) is 40.3 Å². The molecular formula is C27H30N2O6. The maximum atomic E-state index is 5.73. The average molecular weight is 479 g/mol. The van der Waals surface area contributed by atoms with Gasteiger partial charge in [0.25, 0.3) is 0 Å². The lowest BCUT2D eigenvalue weighted by Crippen LogP contribution is -2.26. The molecule has 2 atom stereocenters. The molecule has 0 spiro atoms. The number of hydrogen-bond acceptors (Lipinski definition) is 8. The zero-order valence-electron chi connectivity index (χ0n) is 20.7. The fourth-order valence-corrected chi connectivity index (χ4v) is 4.25. The number of ether oxygens (including phenoxy) is 6. The highest BCUT2D eigenvalue weighted by atomic mass is 16.5. The van der Waals surface area contributed by atoms with Gasteiger partial charge in [0.1, 0.15) is 46.4 Å². The van der Waals surface area contributed by atoms with Crippen LogP contribution in [0.1, 0.15) is 28.8 Å². The summed E-state index contributed by atoms with van der Waals surface area (Å²) in [5.41, 5.74) is 2.66. The van der Waals surface area contributed by atoms with Gasteiger partial charge in [-0.2, -0.15) is 0 Å². The number of aliphatic imine (C=N–C) groups is 1. The Hall–Kier alpha value is -4.07. The Balaban J connectivity index is 1.86. The van der Waals surface area contributed by atoms with Crippen LogP contribution in [0.15, 0.2) is 59.6 Å². The molecule has 0 aromatic heterocycles. The normalized spacial score (nSPS) is 16.7.